The lowest BCUT2D eigenvalue weighted by atomic mass is 10.1. The minimum absolute atomic E-state index is 0.134. The standard InChI is InChI=1S/C16H23N3S/c1-16(2,3)18-11-13-7-8-15(17-10-13)19(4)12-14-6-5-9-20-14/h5-10,18H,11-12H2,1-4H3. The van der Waals surface area contributed by atoms with Gasteiger partial charge in [-0.25, -0.2) is 4.98 Å². The van der Waals surface area contributed by atoms with Crippen LogP contribution in [0.4, 0.5) is 5.82 Å². The molecule has 0 amide bonds. The van der Waals surface area contributed by atoms with Gasteiger partial charge in [-0.05, 0) is 43.8 Å². The second-order valence-corrected chi connectivity index (χ2v) is 7.10. The minimum atomic E-state index is 0.134. The van der Waals surface area contributed by atoms with E-state index < -0.39 is 0 Å². The molecule has 0 bridgehead atoms. The molecular formula is C16H23N3S. The number of aromatic nitrogens is 1. The van der Waals surface area contributed by atoms with Crippen molar-refractivity contribution in [1.82, 2.24) is 10.3 Å². The van der Waals surface area contributed by atoms with Crippen molar-refractivity contribution in [2.75, 3.05) is 11.9 Å². The maximum Gasteiger partial charge on any atom is 0.128 e. The molecule has 0 aromatic carbocycles. The number of rotatable bonds is 5. The van der Waals surface area contributed by atoms with E-state index in [1.54, 1.807) is 11.3 Å². The third-order valence-electron chi connectivity index (χ3n) is 3.00. The van der Waals surface area contributed by atoms with Gasteiger partial charge in [0, 0.05) is 30.2 Å². The molecule has 1 N–H and O–H groups in total. The van der Waals surface area contributed by atoms with Gasteiger partial charge in [0.2, 0.25) is 0 Å². The maximum atomic E-state index is 4.55. The van der Waals surface area contributed by atoms with Crippen LogP contribution in [-0.2, 0) is 13.1 Å². The Bertz CT molecular complexity index is 512. The quantitative estimate of drug-likeness (QED) is 0.910. The second kappa shape index (κ2) is 6.37. The number of nitrogens with one attached hydrogen (secondary N) is 1. The zero-order valence-electron chi connectivity index (χ0n) is 12.7. The van der Waals surface area contributed by atoms with Crippen LogP contribution in [0.1, 0.15) is 31.2 Å². The molecule has 2 aromatic rings. The van der Waals surface area contributed by atoms with Crippen molar-refractivity contribution in [3.05, 3.63) is 46.3 Å². The molecule has 0 fully saturated rings. The molecule has 20 heavy (non-hydrogen) atoms. The Hall–Kier alpha value is -1.39. The predicted molar refractivity (Wildman–Crippen MR) is 87.3 cm³/mol. The minimum Gasteiger partial charge on any atom is -0.355 e. The highest BCUT2D eigenvalue weighted by molar-refractivity contribution is 7.09. The lowest BCUT2D eigenvalue weighted by molar-refractivity contribution is 0.424. The molecule has 0 radical (unpaired) electrons. The molecule has 2 heterocycles. The monoisotopic (exact) mass is 289 g/mol. The van der Waals surface area contributed by atoms with Crippen LogP contribution in [0, 0.1) is 0 Å². The Morgan fingerprint density at radius 3 is 2.60 bits per heavy atom. The van der Waals surface area contributed by atoms with Crippen molar-refractivity contribution in [3.8, 4) is 0 Å². The highest BCUT2D eigenvalue weighted by Gasteiger charge is 2.09. The summed E-state index contributed by atoms with van der Waals surface area (Å²) >= 11 is 1.78. The van der Waals surface area contributed by atoms with Crippen molar-refractivity contribution < 1.29 is 0 Å². The topological polar surface area (TPSA) is 28.2 Å². The van der Waals surface area contributed by atoms with Crippen LogP contribution < -0.4 is 10.2 Å². The summed E-state index contributed by atoms with van der Waals surface area (Å²) in [5.41, 5.74) is 1.35. The van der Waals surface area contributed by atoms with E-state index in [1.807, 2.05) is 6.20 Å². The third-order valence-corrected chi connectivity index (χ3v) is 3.86. The number of nitrogens with zero attached hydrogens (tertiary/aromatic N) is 2. The van der Waals surface area contributed by atoms with E-state index in [1.165, 1.54) is 10.4 Å². The van der Waals surface area contributed by atoms with Gasteiger partial charge in [-0.1, -0.05) is 12.1 Å². The summed E-state index contributed by atoms with van der Waals surface area (Å²) in [6.07, 6.45) is 1.96. The van der Waals surface area contributed by atoms with Gasteiger partial charge in [0.1, 0.15) is 5.82 Å². The molecule has 0 spiro atoms. The van der Waals surface area contributed by atoms with E-state index in [9.17, 15) is 0 Å². The summed E-state index contributed by atoms with van der Waals surface area (Å²) in [5, 5.41) is 5.58. The summed E-state index contributed by atoms with van der Waals surface area (Å²) in [5.74, 6) is 1.01. The van der Waals surface area contributed by atoms with E-state index in [-0.39, 0.29) is 5.54 Å². The fourth-order valence-electron chi connectivity index (χ4n) is 1.83. The summed E-state index contributed by atoms with van der Waals surface area (Å²) in [7, 11) is 2.08. The van der Waals surface area contributed by atoms with E-state index in [2.05, 4.69) is 72.7 Å². The molecule has 2 rings (SSSR count). The largest absolute Gasteiger partial charge is 0.355 e. The number of anilines is 1. The van der Waals surface area contributed by atoms with Crippen LogP contribution in [0.3, 0.4) is 0 Å². The number of hydrogen-bond donors (Lipinski definition) is 1. The molecule has 0 aliphatic carbocycles. The number of thiophene rings is 1. The first-order chi connectivity index (χ1) is 9.44. The summed E-state index contributed by atoms with van der Waals surface area (Å²) < 4.78 is 0. The zero-order valence-corrected chi connectivity index (χ0v) is 13.5. The smallest absolute Gasteiger partial charge is 0.128 e. The SMILES string of the molecule is CN(Cc1cccs1)c1ccc(CNC(C)(C)C)cn1. The molecule has 0 atom stereocenters. The van der Waals surface area contributed by atoms with Crippen molar-refractivity contribution in [2.45, 2.75) is 39.4 Å². The lowest BCUT2D eigenvalue weighted by Gasteiger charge is -2.21. The highest BCUT2D eigenvalue weighted by atomic mass is 32.1. The first-order valence-corrected chi connectivity index (χ1v) is 7.75. The molecule has 3 nitrogen and oxygen atoms in total. The average molecular weight is 289 g/mol. The normalized spacial score (nSPS) is 11.6. The van der Waals surface area contributed by atoms with Crippen LogP contribution in [0.2, 0.25) is 0 Å². The van der Waals surface area contributed by atoms with Crippen molar-refractivity contribution in [1.29, 1.82) is 0 Å². The van der Waals surface area contributed by atoms with Gasteiger partial charge < -0.3 is 10.2 Å². The third kappa shape index (κ3) is 4.62. The number of pyridine rings is 1. The van der Waals surface area contributed by atoms with E-state index >= 15 is 0 Å². The van der Waals surface area contributed by atoms with Crippen molar-refractivity contribution in [3.63, 3.8) is 0 Å². The molecule has 2 aromatic heterocycles. The van der Waals surface area contributed by atoms with Gasteiger partial charge in [0.15, 0.2) is 0 Å². The Balaban J connectivity index is 1.93. The van der Waals surface area contributed by atoms with Crippen molar-refractivity contribution in [2.24, 2.45) is 0 Å². The van der Waals surface area contributed by atoms with Gasteiger partial charge in [-0.3, -0.25) is 0 Å². The first kappa shape index (κ1) is 15.0. The van der Waals surface area contributed by atoms with Gasteiger partial charge >= 0.3 is 0 Å². The molecular weight excluding hydrogens is 266 g/mol. The Morgan fingerprint density at radius 2 is 2.05 bits per heavy atom. The van der Waals surface area contributed by atoms with E-state index in [4.69, 9.17) is 0 Å². The molecule has 0 aliphatic rings. The van der Waals surface area contributed by atoms with Gasteiger partial charge in [-0.2, -0.15) is 0 Å². The molecule has 0 unspecified atom stereocenters. The van der Waals surface area contributed by atoms with Gasteiger partial charge in [0.25, 0.3) is 0 Å². The number of hydrogen-bond acceptors (Lipinski definition) is 4. The summed E-state index contributed by atoms with van der Waals surface area (Å²) in [4.78, 5) is 8.08. The van der Waals surface area contributed by atoms with Crippen LogP contribution in [-0.4, -0.2) is 17.6 Å². The zero-order chi connectivity index (χ0) is 14.6. The second-order valence-electron chi connectivity index (χ2n) is 6.06. The van der Waals surface area contributed by atoms with Crippen molar-refractivity contribution >= 4 is 17.2 Å². The van der Waals surface area contributed by atoms with Crippen LogP contribution in [0.15, 0.2) is 35.8 Å². The molecule has 0 aliphatic heterocycles. The Kier molecular flexibility index (Phi) is 4.78. The van der Waals surface area contributed by atoms with Crippen LogP contribution in [0.25, 0.3) is 0 Å². The van der Waals surface area contributed by atoms with Gasteiger partial charge in [0.05, 0.1) is 6.54 Å². The average Bonchev–Trinajstić information content (AvgIpc) is 2.89. The van der Waals surface area contributed by atoms with E-state index in [0.29, 0.717) is 0 Å². The summed E-state index contributed by atoms with van der Waals surface area (Å²) in [6, 6.07) is 8.48. The van der Waals surface area contributed by atoms with Crippen LogP contribution in [0.5, 0.6) is 0 Å². The first-order valence-electron chi connectivity index (χ1n) is 6.87. The highest BCUT2D eigenvalue weighted by Crippen LogP contribution is 2.16. The molecule has 4 heteroatoms. The van der Waals surface area contributed by atoms with Gasteiger partial charge in [-0.15, -0.1) is 11.3 Å². The van der Waals surface area contributed by atoms with E-state index in [0.717, 1.165) is 18.9 Å². The molecule has 108 valence electrons. The van der Waals surface area contributed by atoms with Crippen LogP contribution >= 0.6 is 11.3 Å². The fraction of sp³-hybridized carbons (Fsp3) is 0.438. The summed E-state index contributed by atoms with van der Waals surface area (Å²) in [6.45, 7) is 8.27. The fourth-order valence-corrected chi connectivity index (χ4v) is 2.59. The lowest BCUT2D eigenvalue weighted by Crippen LogP contribution is -2.35. The predicted octanol–water partition coefficient (Wildman–Crippen LogP) is 3.67. The maximum absolute atomic E-state index is 4.55. The molecule has 0 saturated carbocycles. The molecule has 0 saturated heterocycles. The Morgan fingerprint density at radius 1 is 1.25 bits per heavy atom. The Labute approximate surface area is 125 Å².